The Kier molecular flexibility index (Phi) is 5.55. The van der Waals surface area contributed by atoms with Crippen molar-refractivity contribution in [1.82, 2.24) is 0 Å². The van der Waals surface area contributed by atoms with Crippen LogP contribution in [0.5, 0.6) is 5.75 Å². The molecule has 0 N–H and O–H groups in total. The molecule has 19 heavy (non-hydrogen) atoms. The molecule has 0 atom stereocenters. The van der Waals surface area contributed by atoms with Crippen molar-refractivity contribution in [2.45, 2.75) is 33.1 Å². The predicted octanol–water partition coefficient (Wildman–Crippen LogP) is 2.38. The Labute approximate surface area is 113 Å². The number of carbonyl (C=O) groups is 2. The summed E-state index contributed by atoms with van der Waals surface area (Å²) in [6, 6.07) is 3.89. The first kappa shape index (κ1) is 15.2. The van der Waals surface area contributed by atoms with Crippen LogP contribution in [-0.4, -0.2) is 26.0 Å². The van der Waals surface area contributed by atoms with Gasteiger partial charge < -0.3 is 9.47 Å². The molecular weight excluding hydrogens is 244 g/mol. The highest BCUT2D eigenvalue weighted by molar-refractivity contribution is 5.84. The number of Topliss-reactive ketones (excluding diaryl/α,β-unsaturated/α-hetero) is 1. The third kappa shape index (κ3) is 4.39. The molecule has 0 saturated heterocycles. The zero-order chi connectivity index (χ0) is 14.4. The largest absolute Gasteiger partial charge is 0.496 e. The number of ketones is 1. The van der Waals surface area contributed by atoms with Gasteiger partial charge in [0.2, 0.25) is 0 Å². The summed E-state index contributed by atoms with van der Waals surface area (Å²) in [7, 11) is 2.95. The summed E-state index contributed by atoms with van der Waals surface area (Å²) in [6.07, 6.45) is 0.703. The normalized spacial score (nSPS) is 10.1. The number of rotatable bonds is 6. The Morgan fingerprint density at radius 2 is 1.74 bits per heavy atom. The number of hydrogen-bond acceptors (Lipinski definition) is 4. The van der Waals surface area contributed by atoms with Crippen LogP contribution in [-0.2, 0) is 20.7 Å². The van der Waals surface area contributed by atoms with Crippen molar-refractivity contribution in [2.75, 3.05) is 14.2 Å². The summed E-state index contributed by atoms with van der Waals surface area (Å²) in [5, 5.41) is 0. The molecule has 0 saturated carbocycles. The standard InChI is InChI=1S/C15H20O4/c1-10-8-14(18-3)11(2)7-12(10)9-13(16)5-6-15(17)19-4/h7-8H,5-6,9H2,1-4H3. The highest BCUT2D eigenvalue weighted by Gasteiger charge is 2.11. The maximum absolute atomic E-state index is 11.8. The first-order valence-corrected chi connectivity index (χ1v) is 6.20. The van der Waals surface area contributed by atoms with Gasteiger partial charge in [0.25, 0.3) is 0 Å². The van der Waals surface area contributed by atoms with Gasteiger partial charge >= 0.3 is 5.97 Å². The molecule has 0 radical (unpaired) electrons. The van der Waals surface area contributed by atoms with Crippen molar-refractivity contribution in [2.24, 2.45) is 0 Å². The number of hydrogen-bond donors (Lipinski definition) is 0. The van der Waals surface area contributed by atoms with Gasteiger partial charge in [0.15, 0.2) is 0 Å². The lowest BCUT2D eigenvalue weighted by Crippen LogP contribution is -2.09. The van der Waals surface area contributed by atoms with E-state index in [-0.39, 0.29) is 24.6 Å². The Morgan fingerprint density at radius 3 is 2.32 bits per heavy atom. The molecule has 0 bridgehead atoms. The van der Waals surface area contributed by atoms with Crippen molar-refractivity contribution < 1.29 is 19.1 Å². The summed E-state index contributed by atoms with van der Waals surface area (Å²) in [5.74, 6) is 0.511. The molecule has 1 aromatic rings. The second-order valence-electron chi connectivity index (χ2n) is 4.54. The average molecular weight is 264 g/mol. The van der Waals surface area contributed by atoms with E-state index in [1.807, 2.05) is 26.0 Å². The Balaban J connectivity index is 2.69. The van der Waals surface area contributed by atoms with Gasteiger partial charge in [-0.3, -0.25) is 9.59 Å². The van der Waals surface area contributed by atoms with Crippen LogP contribution < -0.4 is 4.74 Å². The lowest BCUT2D eigenvalue weighted by Gasteiger charge is -2.10. The van der Waals surface area contributed by atoms with Crippen LogP contribution in [0.3, 0.4) is 0 Å². The summed E-state index contributed by atoms with van der Waals surface area (Å²) < 4.78 is 9.75. The van der Waals surface area contributed by atoms with Crippen LogP contribution in [0.4, 0.5) is 0 Å². The molecule has 104 valence electrons. The molecule has 0 heterocycles. The lowest BCUT2D eigenvalue weighted by molar-refractivity contribution is -0.141. The quantitative estimate of drug-likeness (QED) is 0.740. The van der Waals surface area contributed by atoms with E-state index in [4.69, 9.17) is 4.74 Å². The molecule has 0 fully saturated rings. The molecule has 0 unspecified atom stereocenters. The van der Waals surface area contributed by atoms with Gasteiger partial charge in [0, 0.05) is 12.8 Å². The third-order valence-corrected chi connectivity index (χ3v) is 3.08. The minimum atomic E-state index is -0.351. The first-order chi connectivity index (χ1) is 8.97. The minimum absolute atomic E-state index is 0.0399. The van der Waals surface area contributed by atoms with Crippen molar-refractivity contribution in [3.8, 4) is 5.75 Å². The van der Waals surface area contributed by atoms with Crippen molar-refractivity contribution >= 4 is 11.8 Å². The highest BCUT2D eigenvalue weighted by Crippen LogP contribution is 2.23. The maximum atomic E-state index is 11.8. The number of aryl methyl sites for hydroxylation is 2. The SMILES string of the molecule is COC(=O)CCC(=O)Cc1cc(C)c(OC)cc1C. The zero-order valence-electron chi connectivity index (χ0n) is 11.9. The second kappa shape index (κ2) is 6.92. The van der Waals surface area contributed by atoms with Crippen molar-refractivity contribution in [1.29, 1.82) is 0 Å². The molecule has 0 aliphatic heterocycles. The fourth-order valence-corrected chi connectivity index (χ4v) is 1.90. The fraction of sp³-hybridized carbons (Fsp3) is 0.467. The molecule has 0 aliphatic carbocycles. The number of carbonyl (C=O) groups excluding carboxylic acids is 2. The highest BCUT2D eigenvalue weighted by atomic mass is 16.5. The summed E-state index contributed by atoms with van der Waals surface area (Å²) in [4.78, 5) is 22.8. The number of methoxy groups -OCH3 is 2. The van der Waals surface area contributed by atoms with Crippen molar-refractivity contribution in [3.05, 3.63) is 28.8 Å². The Morgan fingerprint density at radius 1 is 1.05 bits per heavy atom. The van der Waals surface area contributed by atoms with E-state index in [9.17, 15) is 9.59 Å². The summed E-state index contributed by atoms with van der Waals surface area (Å²) >= 11 is 0. The molecule has 4 nitrogen and oxygen atoms in total. The predicted molar refractivity (Wildman–Crippen MR) is 72.4 cm³/mol. The molecule has 0 amide bonds. The molecule has 0 spiro atoms. The van der Waals surface area contributed by atoms with Gasteiger partial charge in [-0.2, -0.15) is 0 Å². The zero-order valence-corrected chi connectivity index (χ0v) is 11.9. The van der Waals surface area contributed by atoms with Crippen molar-refractivity contribution in [3.63, 3.8) is 0 Å². The molecule has 0 aliphatic rings. The molecule has 1 rings (SSSR count). The second-order valence-corrected chi connectivity index (χ2v) is 4.54. The minimum Gasteiger partial charge on any atom is -0.496 e. The van der Waals surface area contributed by atoms with Crippen LogP contribution >= 0.6 is 0 Å². The molecule has 0 aromatic heterocycles. The van der Waals surface area contributed by atoms with Gasteiger partial charge in [0.1, 0.15) is 11.5 Å². The van der Waals surface area contributed by atoms with Gasteiger partial charge in [-0.05, 0) is 36.6 Å². The third-order valence-electron chi connectivity index (χ3n) is 3.08. The smallest absolute Gasteiger partial charge is 0.305 e. The van der Waals surface area contributed by atoms with E-state index in [1.165, 1.54) is 7.11 Å². The van der Waals surface area contributed by atoms with Gasteiger partial charge in [0.05, 0.1) is 20.6 Å². The number of esters is 1. The van der Waals surface area contributed by atoms with E-state index < -0.39 is 0 Å². The van der Waals surface area contributed by atoms with E-state index in [0.29, 0.717) is 6.42 Å². The lowest BCUT2D eigenvalue weighted by atomic mass is 9.98. The Bertz CT molecular complexity index is 477. The van der Waals surface area contributed by atoms with E-state index in [2.05, 4.69) is 4.74 Å². The van der Waals surface area contributed by atoms with Gasteiger partial charge in [-0.1, -0.05) is 6.07 Å². The van der Waals surface area contributed by atoms with E-state index in [0.717, 1.165) is 22.4 Å². The molecule has 4 heteroatoms. The average Bonchev–Trinajstić information content (AvgIpc) is 2.39. The van der Waals surface area contributed by atoms with E-state index in [1.54, 1.807) is 7.11 Å². The van der Waals surface area contributed by atoms with Crippen LogP contribution in [0, 0.1) is 13.8 Å². The molecule has 1 aromatic carbocycles. The Hall–Kier alpha value is -1.84. The number of ether oxygens (including phenoxy) is 2. The van der Waals surface area contributed by atoms with Crippen LogP contribution in [0.2, 0.25) is 0 Å². The maximum Gasteiger partial charge on any atom is 0.305 e. The topological polar surface area (TPSA) is 52.6 Å². The monoisotopic (exact) mass is 264 g/mol. The summed E-state index contributed by atoms with van der Waals surface area (Å²) in [6.45, 7) is 3.89. The number of benzene rings is 1. The summed E-state index contributed by atoms with van der Waals surface area (Å²) in [5.41, 5.74) is 3.01. The van der Waals surface area contributed by atoms with Gasteiger partial charge in [-0.15, -0.1) is 0 Å². The van der Waals surface area contributed by atoms with Crippen LogP contribution in [0.15, 0.2) is 12.1 Å². The molecular formula is C15H20O4. The van der Waals surface area contributed by atoms with Crippen LogP contribution in [0.1, 0.15) is 29.5 Å². The van der Waals surface area contributed by atoms with Gasteiger partial charge in [-0.25, -0.2) is 0 Å². The fourth-order valence-electron chi connectivity index (χ4n) is 1.90. The first-order valence-electron chi connectivity index (χ1n) is 6.20. The van der Waals surface area contributed by atoms with Crippen LogP contribution in [0.25, 0.3) is 0 Å². The van der Waals surface area contributed by atoms with E-state index >= 15 is 0 Å².